The average Bonchev–Trinajstić information content (AvgIpc) is 3.15. The number of amides is 3. The second-order valence-electron chi connectivity index (χ2n) is 8.65. The van der Waals surface area contributed by atoms with Gasteiger partial charge < -0.3 is 20.3 Å². The molecule has 0 unspecified atom stereocenters. The summed E-state index contributed by atoms with van der Waals surface area (Å²) < 4.78 is 6.50. The highest BCUT2D eigenvalue weighted by molar-refractivity contribution is 5.94. The summed E-state index contributed by atoms with van der Waals surface area (Å²) in [6.07, 6.45) is 0. The summed E-state index contributed by atoms with van der Waals surface area (Å²) in [6.45, 7) is 11.2. The molecular weight excluding hydrogens is 410 g/mol. The summed E-state index contributed by atoms with van der Waals surface area (Å²) in [6, 6.07) is 10.6. The lowest BCUT2D eigenvalue weighted by atomic mass is 9.92. The lowest BCUT2D eigenvalue weighted by Crippen LogP contribution is -2.48. The number of nitrogens with one attached hydrogen (secondary N) is 2. The van der Waals surface area contributed by atoms with E-state index in [-0.39, 0.29) is 37.1 Å². The molecule has 3 amide bonds. The number of benzene rings is 1. The van der Waals surface area contributed by atoms with Crippen LogP contribution >= 0.6 is 0 Å². The Morgan fingerprint density at radius 1 is 1.16 bits per heavy atom. The number of carbonyl (C=O) groups is 3. The largest absolute Gasteiger partial charge is 0.465 e. The molecule has 0 saturated heterocycles. The third-order valence-corrected chi connectivity index (χ3v) is 4.63. The first kappa shape index (κ1) is 24.9. The Bertz CT molecular complexity index is 932. The molecule has 0 aliphatic carbocycles. The average molecular weight is 444 g/mol. The van der Waals surface area contributed by atoms with Gasteiger partial charge in [-0.15, -0.1) is 0 Å². The monoisotopic (exact) mass is 443 g/mol. The van der Waals surface area contributed by atoms with Gasteiger partial charge in [-0.25, -0.2) is 9.48 Å². The maximum atomic E-state index is 12.8. The second kappa shape index (κ2) is 10.8. The Hall–Kier alpha value is -3.36. The van der Waals surface area contributed by atoms with E-state index in [9.17, 15) is 14.4 Å². The minimum absolute atomic E-state index is 0.183. The van der Waals surface area contributed by atoms with Gasteiger partial charge in [0.25, 0.3) is 0 Å². The number of hydrogen-bond acceptors (Lipinski definition) is 5. The van der Waals surface area contributed by atoms with E-state index in [1.54, 1.807) is 25.5 Å². The second-order valence-corrected chi connectivity index (χ2v) is 8.65. The van der Waals surface area contributed by atoms with Crippen LogP contribution in [0.5, 0.6) is 0 Å². The number of anilines is 1. The van der Waals surface area contributed by atoms with Crippen LogP contribution in [0.4, 0.5) is 10.6 Å². The fraction of sp³-hybridized carbons (Fsp3) is 0.478. The highest BCUT2D eigenvalue weighted by atomic mass is 16.5. The molecule has 0 spiro atoms. The minimum Gasteiger partial charge on any atom is -0.465 e. The number of para-hydroxylation sites is 1. The zero-order valence-electron chi connectivity index (χ0n) is 19.6. The molecule has 0 bridgehead atoms. The van der Waals surface area contributed by atoms with Crippen molar-refractivity contribution in [1.29, 1.82) is 0 Å². The summed E-state index contributed by atoms with van der Waals surface area (Å²) in [5.41, 5.74) is 1.42. The van der Waals surface area contributed by atoms with Gasteiger partial charge in [0.1, 0.15) is 18.9 Å². The molecule has 0 fully saturated rings. The first-order valence-corrected chi connectivity index (χ1v) is 10.7. The van der Waals surface area contributed by atoms with Crippen molar-refractivity contribution in [2.24, 2.45) is 0 Å². The van der Waals surface area contributed by atoms with E-state index >= 15 is 0 Å². The SMILES string of the molecule is CCOC(=O)CNC(=O)N(CC(=O)Nc1cc(C(C)(C)C)nn1-c1ccccc1)C(C)C. The van der Waals surface area contributed by atoms with Crippen molar-refractivity contribution < 1.29 is 19.1 Å². The summed E-state index contributed by atoms with van der Waals surface area (Å²) >= 11 is 0. The van der Waals surface area contributed by atoms with Gasteiger partial charge in [0.2, 0.25) is 5.91 Å². The number of hydrogen-bond donors (Lipinski definition) is 2. The molecule has 0 aliphatic rings. The fourth-order valence-corrected chi connectivity index (χ4v) is 2.89. The van der Waals surface area contributed by atoms with E-state index in [0.717, 1.165) is 11.4 Å². The number of carbonyl (C=O) groups excluding carboxylic acids is 3. The van der Waals surface area contributed by atoms with E-state index in [1.807, 2.05) is 57.2 Å². The van der Waals surface area contributed by atoms with Crippen molar-refractivity contribution in [2.45, 2.75) is 53.0 Å². The molecule has 0 saturated carbocycles. The Kier molecular flexibility index (Phi) is 8.40. The molecule has 1 aromatic carbocycles. The molecule has 0 atom stereocenters. The maximum Gasteiger partial charge on any atom is 0.325 e. The number of rotatable bonds is 8. The summed E-state index contributed by atoms with van der Waals surface area (Å²) in [7, 11) is 0. The van der Waals surface area contributed by atoms with Crippen molar-refractivity contribution in [3.05, 3.63) is 42.1 Å². The molecule has 1 aromatic heterocycles. The van der Waals surface area contributed by atoms with Crippen LogP contribution in [-0.2, 0) is 19.7 Å². The molecule has 1 heterocycles. The highest BCUT2D eigenvalue weighted by Crippen LogP contribution is 2.26. The summed E-state index contributed by atoms with van der Waals surface area (Å²) in [5.74, 6) is -0.389. The van der Waals surface area contributed by atoms with Crippen LogP contribution in [0.3, 0.4) is 0 Å². The molecule has 2 rings (SSSR count). The van der Waals surface area contributed by atoms with E-state index in [1.165, 1.54) is 4.90 Å². The van der Waals surface area contributed by atoms with Crippen LogP contribution in [0.25, 0.3) is 5.69 Å². The van der Waals surface area contributed by atoms with Crippen molar-refractivity contribution in [2.75, 3.05) is 25.0 Å². The van der Waals surface area contributed by atoms with E-state index in [2.05, 4.69) is 15.7 Å². The van der Waals surface area contributed by atoms with Crippen LogP contribution < -0.4 is 10.6 Å². The van der Waals surface area contributed by atoms with E-state index < -0.39 is 12.0 Å². The topological polar surface area (TPSA) is 106 Å². The van der Waals surface area contributed by atoms with Crippen molar-refractivity contribution in [3.63, 3.8) is 0 Å². The van der Waals surface area contributed by atoms with Gasteiger partial charge in [0, 0.05) is 17.5 Å². The molecule has 9 nitrogen and oxygen atoms in total. The van der Waals surface area contributed by atoms with Crippen molar-refractivity contribution in [1.82, 2.24) is 20.0 Å². The van der Waals surface area contributed by atoms with Crippen LogP contribution in [0.15, 0.2) is 36.4 Å². The van der Waals surface area contributed by atoms with Gasteiger partial charge in [0.15, 0.2) is 0 Å². The fourth-order valence-electron chi connectivity index (χ4n) is 2.89. The standard InChI is InChI=1S/C23H33N5O4/c1-7-32-21(30)14-24-22(31)27(16(2)3)15-20(29)25-19-13-18(23(4,5)6)26-28(19)17-11-9-8-10-12-17/h8-13,16H,7,14-15H2,1-6H3,(H,24,31)(H,25,29). The molecule has 0 radical (unpaired) electrons. The first-order valence-electron chi connectivity index (χ1n) is 10.7. The predicted octanol–water partition coefficient (Wildman–Crippen LogP) is 3.09. The number of ether oxygens (including phenoxy) is 1. The summed E-state index contributed by atoms with van der Waals surface area (Å²) in [5, 5.41) is 10.0. The maximum absolute atomic E-state index is 12.8. The molecule has 2 N–H and O–H groups in total. The zero-order chi connectivity index (χ0) is 23.9. The highest BCUT2D eigenvalue weighted by Gasteiger charge is 2.24. The van der Waals surface area contributed by atoms with Crippen molar-refractivity contribution in [3.8, 4) is 5.69 Å². The molecule has 9 heteroatoms. The quantitative estimate of drug-likeness (QED) is 0.610. The van der Waals surface area contributed by atoms with Gasteiger partial charge >= 0.3 is 12.0 Å². The normalized spacial score (nSPS) is 11.2. The van der Waals surface area contributed by atoms with E-state index in [4.69, 9.17) is 4.74 Å². The lowest BCUT2D eigenvalue weighted by Gasteiger charge is -2.26. The van der Waals surface area contributed by atoms with Crippen molar-refractivity contribution >= 4 is 23.7 Å². The number of aromatic nitrogens is 2. The molecule has 174 valence electrons. The Labute approximate surface area is 189 Å². The van der Waals surface area contributed by atoms with Gasteiger partial charge in [-0.3, -0.25) is 9.59 Å². The van der Waals surface area contributed by atoms with Crippen LogP contribution in [0.1, 0.15) is 47.2 Å². The van der Waals surface area contributed by atoms with Gasteiger partial charge in [-0.2, -0.15) is 5.10 Å². The minimum atomic E-state index is -0.532. The Morgan fingerprint density at radius 2 is 1.81 bits per heavy atom. The van der Waals surface area contributed by atoms with E-state index in [0.29, 0.717) is 5.82 Å². The number of nitrogens with zero attached hydrogens (tertiary/aromatic N) is 3. The molecule has 2 aromatic rings. The lowest BCUT2D eigenvalue weighted by molar-refractivity contribution is -0.141. The third kappa shape index (κ3) is 6.83. The van der Waals surface area contributed by atoms with Gasteiger partial charge in [-0.1, -0.05) is 39.0 Å². The van der Waals surface area contributed by atoms with Crippen LogP contribution in [0.2, 0.25) is 0 Å². The number of esters is 1. The Balaban J connectivity index is 2.17. The van der Waals surface area contributed by atoms with Crippen LogP contribution in [-0.4, -0.2) is 58.3 Å². The van der Waals surface area contributed by atoms with Crippen LogP contribution in [0, 0.1) is 0 Å². The smallest absolute Gasteiger partial charge is 0.325 e. The predicted molar refractivity (Wildman–Crippen MR) is 123 cm³/mol. The first-order chi connectivity index (χ1) is 15.0. The Morgan fingerprint density at radius 3 is 2.38 bits per heavy atom. The third-order valence-electron chi connectivity index (χ3n) is 4.63. The molecule has 32 heavy (non-hydrogen) atoms. The van der Waals surface area contributed by atoms with Gasteiger partial charge in [-0.05, 0) is 32.9 Å². The number of urea groups is 1. The molecular formula is C23H33N5O4. The zero-order valence-corrected chi connectivity index (χ0v) is 19.6. The molecule has 0 aliphatic heterocycles. The summed E-state index contributed by atoms with van der Waals surface area (Å²) in [4.78, 5) is 38.2. The van der Waals surface area contributed by atoms with Gasteiger partial charge in [0.05, 0.1) is 18.0 Å².